The number of carbonyl (C=O) groups excluding carboxylic acids is 1. The van der Waals surface area contributed by atoms with E-state index in [9.17, 15) is 9.59 Å². The first kappa shape index (κ1) is 18.9. The lowest BCUT2D eigenvalue weighted by molar-refractivity contribution is -0.160. The molecular formula is C22H20N2O5S. The van der Waals surface area contributed by atoms with Crippen molar-refractivity contribution < 1.29 is 18.7 Å². The van der Waals surface area contributed by atoms with E-state index in [1.165, 1.54) is 11.3 Å². The minimum Gasteiger partial charge on any atom is -0.466 e. The van der Waals surface area contributed by atoms with E-state index in [0.717, 1.165) is 11.3 Å². The van der Waals surface area contributed by atoms with Crippen molar-refractivity contribution in [3.63, 3.8) is 0 Å². The Morgan fingerprint density at radius 3 is 2.87 bits per heavy atom. The summed E-state index contributed by atoms with van der Waals surface area (Å²) in [7, 11) is 0. The minimum atomic E-state index is -1.17. The second-order valence-corrected chi connectivity index (χ2v) is 8.51. The van der Waals surface area contributed by atoms with Gasteiger partial charge in [-0.15, -0.1) is 0 Å². The topological polar surface area (TPSA) is 83.0 Å². The summed E-state index contributed by atoms with van der Waals surface area (Å²) in [4.78, 5) is 31.6. The van der Waals surface area contributed by atoms with E-state index in [2.05, 4.69) is 0 Å². The zero-order chi connectivity index (χ0) is 21.0. The fourth-order valence-electron chi connectivity index (χ4n) is 4.20. The summed E-state index contributed by atoms with van der Waals surface area (Å²) in [5.74, 6) is 0.771. The lowest BCUT2D eigenvalue weighted by atomic mass is 9.81. The second kappa shape index (κ2) is 6.70. The molecular weight excluding hydrogens is 404 g/mol. The van der Waals surface area contributed by atoms with Gasteiger partial charge >= 0.3 is 5.97 Å². The van der Waals surface area contributed by atoms with Gasteiger partial charge in [0.25, 0.3) is 5.56 Å². The van der Waals surface area contributed by atoms with Crippen LogP contribution >= 0.6 is 11.3 Å². The number of benzene rings is 1. The molecule has 0 radical (unpaired) electrons. The van der Waals surface area contributed by atoms with E-state index >= 15 is 0 Å². The SMILES string of the molecule is CCOC(=O)C1C2c3ccccc3OC1(C)N=c1s/c(=C/c3ccc(C)o3)c(=O)n12. The van der Waals surface area contributed by atoms with Gasteiger partial charge in [-0.1, -0.05) is 29.5 Å². The molecule has 4 heterocycles. The van der Waals surface area contributed by atoms with Gasteiger partial charge < -0.3 is 13.9 Å². The molecule has 0 fully saturated rings. The summed E-state index contributed by atoms with van der Waals surface area (Å²) >= 11 is 1.26. The third-order valence-electron chi connectivity index (χ3n) is 5.45. The van der Waals surface area contributed by atoms with Crippen LogP contribution in [0.15, 0.2) is 50.6 Å². The van der Waals surface area contributed by atoms with Crippen molar-refractivity contribution in [3.8, 4) is 5.75 Å². The number of aromatic nitrogens is 1. The van der Waals surface area contributed by atoms with Crippen LogP contribution in [0.4, 0.5) is 0 Å². The Kier molecular flexibility index (Phi) is 4.21. The predicted molar refractivity (Wildman–Crippen MR) is 110 cm³/mol. The maximum atomic E-state index is 13.4. The number of para-hydroxylation sites is 1. The molecule has 0 aliphatic carbocycles. The highest BCUT2D eigenvalue weighted by Crippen LogP contribution is 2.47. The molecule has 8 heteroatoms. The Morgan fingerprint density at radius 1 is 1.33 bits per heavy atom. The average Bonchev–Trinajstić information content (AvgIpc) is 3.23. The van der Waals surface area contributed by atoms with Gasteiger partial charge in [0, 0.05) is 11.6 Å². The largest absolute Gasteiger partial charge is 0.466 e. The number of hydrogen-bond acceptors (Lipinski definition) is 7. The molecule has 0 N–H and O–H groups in total. The van der Waals surface area contributed by atoms with Crippen molar-refractivity contribution >= 4 is 23.4 Å². The first-order chi connectivity index (χ1) is 14.4. The van der Waals surface area contributed by atoms with Gasteiger partial charge in [0.15, 0.2) is 4.80 Å². The number of esters is 1. The van der Waals surface area contributed by atoms with Crippen molar-refractivity contribution in [1.82, 2.24) is 4.57 Å². The van der Waals surface area contributed by atoms with E-state index in [1.54, 1.807) is 24.5 Å². The number of nitrogens with zero attached hydrogens (tertiary/aromatic N) is 2. The highest BCUT2D eigenvalue weighted by Gasteiger charge is 2.55. The number of furan rings is 1. The molecule has 2 bridgehead atoms. The first-order valence-corrected chi connectivity index (χ1v) is 10.6. The van der Waals surface area contributed by atoms with Crippen molar-refractivity contribution in [2.24, 2.45) is 10.9 Å². The standard InChI is InChI=1S/C22H20N2O5S/c1-4-27-20(26)17-18-14-7-5-6-8-15(14)29-22(17,3)23-21-24(18)19(25)16(30-21)11-13-10-9-12(2)28-13/h5-11,17-18H,4H2,1-3H3/b16-11+. The fraction of sp³-hybridized carbons (Fsp3) is 0.318. The van der Waals surface area contributed by atoms with Gasteiger partial charge in [0.1, 0.15) is 23.2 Å². The van der Waals surface area contributed by atoms with Crippen LogP contribution in [0.25, 0.3) is 6.08 Å². The molecule has 2 aliphatic heterocycles. The van der Waals surface area contributed by atoms with Gasteiger partial charge in [-0.05, 0) is 39.0 Å². The molecule has 3 aromatic rings. The maximum absolute atomic E-state index is 13.4. The van der Waals surface area contributed by atoms with Crippen LogP contribution in [0.1, 0.15) is 37.0 Å². The van der Waals surface area contributed by atoms with Crippen LogP contribution in [-0.2, 0) is 9.53 Å². The van der Waals surface area contributed by atoms with Gasteiger partial charge in [0.05, 0.1) is 17.2 Å². The molecule has 1 aromatic carbocycles. The maximum Gasteiger partial charge on any atom is 0.317 e. The van der Waals surface area contributed by atoms with E-state index in [0.29, 0.717) is 20.8 Å². The Balaban J connectivity index is 1.78. The van der Waals surface area contributed by atoms with Crippen molar-refractivity contribution in [2.45, 2.75) is 32.5 Å². The van der Waals surface area contributed by atoms with Crippen LogP contribution < -0.4 is 19.6 Å². The lowest BCUT2D eigenvalue weighted by Gasteiger charge is -2.44. The normalized spacial score (nSPS) is 24.4. The molecule has 2 aromatic heterocycles. The molecule has 0 spiro atoms. The number of hydrogen-bond donors (Lipinski definition) is 0. The average molecular weight is 424 g/mol. The Bertz CT molecular complexity index is 1330. The highest BCUT2D eigenvalue weighted by atomic mass is 32.1. The molecule has 30 heavy (non-hydrogen) atoms. The molecule has 7 nitrogen and oxygen atoms in total. The Labute approximate surface area is 175 Å². The minimum absolute atomic E-state index is 0.217. The quantitative estimate of drug-likeness (QED) is 0.602. The third-order valence-corrected chi connectivity index (χ3v) is 6.44. The molecule has 3 unspecified atom stereocenters. The number of rotatable bonds is 3. The van der Waals surface area contributed by atoms with Crippen LogP contribution in [0.3, 0.4) is 0 Å². The second-order valence-electron chi connectivity index (χ2n) is 7.50. The molecule has 154 valence electrons. The fourth-order valence-corrected chi connectivity index (χ4v) is 5.28. The number of thiazole rings is 1. The van der Waals surface area contributed by atoms with Gasteiger partial charge in [-0.2, -0.15) is 0 Å². The van der Waals surface area contributed by atoms with E-state index in [-0.39, 0.29) is 12.2 Å². The Morgan fingerprint density at radius 2 is 2.13 bits per heavy atom. The Hall–Kier alpha value is -3.13. The monoisotopic (exact) mass is 424 g/mol. The number of ether oxygens (including phenoxy) is 2. The summed E-state index contributed by atoms with van der Waals surface area (Å²) in [6.07, 6.45) is 1.71. The van der Waals surface area contributed by atoms with Crippen LogP contribution in [0.5, 0.6) is 5.75 Å². The predicted octanol–water partition coefficient (Wildman–Crippen LogP) is 2.15. The van der Waals surface area contributed by atoms with Crippen LogP contribution in [0, 0.1) is 12.8 Å². The molecule has 0 amide bonds. The van der Waals surface area contributed by atoms with Crippen molar-refractivity contribution in [2.75, 3.05) is 6.61 Å². The summed E-state index contributed by atoms with van der Waals surface area (Å²) in [5, 5.41) is 0. The third kappa shape index (κ3) is 2.74. The number of aryl methyl sites for hydroxylation is 1. The van der Waals surface area contributed by atoms with Crippen LogP contribution in [-0.4, -0.2) is 22.9 Å². The summed E-state index contributed by atoms with van der Waals surface area (Å²) < 4.78 is 19.2. The summed E-state index contributed by atoms with van der Waals surface area (Å²) in [6.45, 7) is 5.61. The van der Waals surface area contributed by atoms with Gasteiger partial charge in [-0.3, -0.25) is 14.2 Å². The van der Waals surface area contributed by atoms with Crippen LogP contribution in [0.2, 0.25) is 0 Å². The van der Waals surface area contributed by atoms with Crippen molar-refractivity contribution in [1.29, 1.82) is 0 Å². The first-order valence-electron chi connectivity index (χ1n) is 9.75. The highest BCUT2D eigenvalue weighted by molar-refractivity contribution is 7.07. The number of fused-ring (bicyclic) bond motifs is 6. The molecule has 3 atom stereocenters. The molecule has 2 aliphatic rings. The molecule has 5 rings (SSSR count). The summed E-state index contributed by atoms with van der Waals surface area (Å²) in [5.41, 5.74) is -0.614. The lowest BCUT2D eigenvalue weighted by Crippen LogP contribution is -2.58. The van der Waals surface area contributed by atoms with E-state index in [4.69, 9.17) is 18.9 Å². The molecule has 0 saturated heterocycles. The van der Waals surface area contributed by atoms with E-state index in [1.807, 2.05) is 43.3 Å². The molecule has 0 saturated carbocycles. The summed E-state index contributed by atoms with van der Waals surface area (Å²) in [6, 6.07) is 10.5. The smallest absolute Gasteiger partial charge is 0.317 e. The van der Waals surface area contributed by atoms with Crippen molar-refractivity contribution in [3.05, 3.63) is 73.2 Å². The van der Waals surface area contributed by atoms with Gasteiger partial charge in [-0.25, -0.2) is 4.99 Å². The zero-order valence-electron chi connectivity index (χ0n) is 16.7. The number of carbonyl (C=O) groups is 1. The van der Waals surface area contributed by atoms with Gasteiger partial charge in [0.2, 0.25) is 5.72 Å². The van der Waals surface area contributed by atoms with E-state index < -0.39 is 23.7 Å². The zero-order valence-corrected chi connectivity index (χ0v) is 17.6.